The molecule has 1 atom stereocenters. The number of carbonyl (C=O) groups excluding carboxylic acids is 2. The molecule has 1 aliphatic heterocycles. The van der Waals surface area contributed by atoms with E-state index in [2.05, 4.69) is 10.2 Å². The first kappa shape index (κ1) is 21.8. The van der Waals surface area contributed by atoms with Gasteiger partial charge in [0.05, 0.1) is 0 Å². The SMILES string of the molecule is Cc1ccc(-c2nnc(CCC(=O)N3CCN(C(=O)OC(C)(C)C)CC3C)o2)cc1. The molecule has 0 aliphatic carbocycles. The van der Waals surface area contributed by atoms with Crippen molar-refractivity contribution in [3.8, 4) is 11.5 Å². The fourth-order valence-electron chi connectivity index (χ4n) is 3.35. The lowest BCUT2D eigenvalue weighted by Gasteiger charge is -2.40. The highest BCUT2D eigenvalue weighted by Crippen LogP contribution is 2.20. The van der Waals surface area contributed by atoms with E-state index < -0.39 is 5.60 Å². The van der Waals surface area contributed by atoms with E-state index in [4.69, 9.17) is 9.15 Å². The summed E-state index contributed by atoms with van der Waals surface area (Å²) in [5, 5.41) is 8.14. The first-order valence-corrected chi connectivity index (χ1v) is 10.3. The van der Waals surface area contributed by atoms with Gasteiger partial charge in [0.25, 0.3) is 0 Å². The Bertz CT molecular complexity index is 885. The summed E-state index contributed by atoms with van der Waals surface area (Å²) in [6.45, 7) is 10.9. The summed E-state index contributed by atoms with van der Waals surface area (Å²) in [4.78, 5) is 28.4. The summed E-state index contributed by atoms with van der Waals surface area (Å²) >= 11 is 0. The van der Waals surface area contributed by atoms with Gasteiger partial charge in [-0.2, -0.15) is 0 Å². The molecule has 1 aromatic heterocycles. The molecule has 3 rings (SSSR count). The van der Waals surface area contributed by atoms with Crippen LogP contribution in [0.5, 0.6) is 0 Å². The lowest BCUT2D eigenvalue weighted by molar-refractivity contribution is -0.135. The lowest BCUT2D eigenvalue weighted by atomic mass is 10.1. The number of ether oxygens (including phenoxy) is 1. The van der Waals surface area contributed by atoms with Crippen molar-refractivity contribution >= 4 is 12.0 Å². The number of rotatable bonds is 4. The zero-order valence-corrected chi connectivity index (χ0v) is 18.3. The summed E-state index contributed by atoms with van der Waals surface area (Å²) in [5.41, 5.74) is 1.48. The summed E-state index contributed by atoms with van der Waals surface area (Å²) in [7, 11) is 0. The van der Waals surface area contributed by atoms with Gasteiger partial charge in [-0.25, -0.2) is 4.79 Å². The van der Waals surface area contributed by atoms with E-state index in [1.54, 1.807) is 9.80 Å². The van der Waals surface area contributed by atoms with Crippen molar-refractivity contribution in [2.45, 2.75) is 59.1 Å². The Morgan fingerprint density at radius 2 is 1.87 bits per heavy atom. The summed E-state index contributed by atoms with van der Waals surface area (Å²) in [6.07, 6.45) is 0.333. The lowest BCUT2D eigenvalue weighted by Crippen LogP contribution is -2.56. The van der Waals surface area contributed by atoms with E-state index in [1.165, 1.54) is 0 Å². The number of hydrogen-bond acceptors (Lipinski definition) is 6. The second-order valence-corrected chi connectivity index (χ2v) is 8.73. The van der Waals surface area contributed by atoms with Crippen LogP contribution in [0.3, 0.4) is 0 Å². The number of benzene rings is 1. The highest BCUT2D eigenvalue weighted by molar-refractivity contribution is 5.77. The number of nitrogens with zero attached hydrogens (tertiary/aromatic N) is 4. The second-order valence-electron chi connectivity index (χ2n) is 8.73. The Hall–Kier alpha value is -2.90. The molecular weight excluding hydrogens is 384 g/mol. The van der Waals surface area contributed by atoms with Crippen LogP contribution in [0.25, 0.3) is 11.5 Å². The predicted molar refractivity (Wildman–Crippen MR) is 112 cm³/mol. The maximum atomic E-state index is 12.7. The molecule has 2 heterocycles. The number of carbonyl (C=O) groups is 2. The van der Waals surface area contributed by atoms with Crippen molar-refractivity contribution in [3.05, 3.63) is 35.7 Å². The van der Waals surface area contributed by atoms with Gasteiger partial charge in [0, 0.05) is 44.1 Å². The molecule has 1 aromatic carbocycles. The van der Waals surface area contributed by atoms with Crippen LogP contribution in [0.1, 0.15) is 45.6 Å². The fourth-order valence-corrected chi connectivity index (χ4v) is 3.35. The zero-order valence-electron chi connectivity index (χ0n) is 18.3. The maximum Gasteiger partial charge on any atom is 0.410 e. The number of hydrogen-bond donors (Lipinski definition) is 0. The number of aryl methyl sites for hydroxylation is 2. The van der Waals surface area contributed by atoms with Gasteiger partial charge in [-0.1, -0.05) is 17.7 Å². The minimum atomic E-state index is -0.533. The standard InChI is InChI=1S/C22H30N4O4/c1-15-6-8-17(9-7-15)20-24-23-18(29-20)10-11-19(27)26-13-12-25(14-16(26)2)21(28)30-22(3,4)5/h6-9,16H,10-14H2,1-5H3. The van der Waals surface area contributed by atoms with E-state index in [1.807, 2.05) is 58.9 Å². The molecule has 0 saturated carbocycles. The molecule has 8 heteroatoms. The van der Waals surface area contributed by atoms with Crippen LogP contribution in [0.2, 0.25) is 0 Å². The molecule has 0 N–H and O–H groups in total. The van der Waals surface area contributed by atoms with E-state index in [0.717, 1.165) is 11.1 Å². The third-order valence-electron chi connectivity index (χ3n) is 4.92. The molecule has 1 unspecified atom stereocenters. The molecule has 2 aromatic rings. The molecular formula is C22H30N4O4. The van der Waals surface area contributed by atoms with Gasteiger partial charge in [-0.3, -0.25) is 4.79 Å². The molecule has 8 nitrogen and oxygen atoms in total. The quantitative estimate of drug-likeness (QED) is 0.761. The normalized spacial score (nSPS) is 17.2. The molecule has 0 radical (unpaired) electrons. The van der Waals surface area contributed by atoms with Gasteiger partial charge < -0.3 is 19.0 Å². The molecule has 0 bridgehead atoms. The van der Waals surface area contributed by atoms with Crippen LogP contribution in [-0.4, -0.2) is 63.3 Å². The van der Waals surface area contributed by atoms with Gasteiger partial charge in [0.2, 0.25) is 17.7 Å². The van der Waals surface area contributed by atoms with E-state index in [9.17, 15) is 9.59 Å². The number of amides is 2. The third kappa shape index (κ3) is 5.58. The van der Waals surface area contributed by atoms with Crippen molar-refractivity contribution in [1.29, 1.82) is 0 Å². The van der Waals surface area contributed by atoms with Crippen molar-refractivity contribution in [1.82, 2.24) is 20.0 Å². The van der Waals surface area contributed by atoms with E-state index in [-0.39, 0.29) is 24.5 Å². The Morgan fingerprint density at radius 1 is 1.17 bits per heavy atom. The Morgan fingerprint density at radius 3 is 2.50 bits per heavy atom. The predicted octanol–water partition coefficient (Wildman–Crippen LogP) is 3.45. The Labute approximate surface area is 177 Å². The number of piperazine rings is 1. The third-order valence-corrected chi connectivity index (χ3v) is 4.92. The van der Waals surface area contributed by atoms with Crippen molar-refractivity contribution < 1.29 is 18.7 Å². The van der Waals surface area contributed by atoms with E-state index in [0.29, 0.717) is 37.8 Å². The van der Waals surface area contributed by atoms with Crippen LogP contribution in [0.15, 0.2) is 28.7 Å². The molecule has 0 spiro atoms. The minimum Gasteiger partial charge on any atom is -0.444 e. The fraction of sp³-hybridized carbons (Fsp3) is 0.545. The second kappa shape index (κ2) is 8.85. The molecule has 1 saturated heterocycles. The highest BCUT2D eigenvalue weighted by atomic mass is 16.6. The molecule has 162 valence electrons. The van der Waals surface area contributed by atoms with Gasteiger partial charge in [0.15, 0.2) is 0 Å². The molecule has 30 heavy (non-hydrogen) atoms. The minimum absolute atomic E-state index is 0.0152. The molecule has 1 aliphatic rings. The highest BCUT2D eigenvalue weighted by Gasteiger charge is 2.32. The van der Waals surface area contributed by atoms with Crippen LogP contribution >= 0.6 is 0 Å². The van der Waals surface area contributed by atoms with Crippen molar-refractivity contribution in [2.24, 2.45) is 0 Å². The Kier molecular flexibility index (Phi) is 6.43. The van der Waals surface area contributed by atoms with Gasteiger partial charge in [-0.15, -0.1) is 10.2 Å². The average Bonchev–Trinajstić information content (AvgIpc) is 3.14. The first-order chi connectivity index (χ1) is 14.1. The monoisotopic (exact) mass is 414 g/mol. The molecule has 1 fully saturated rings. The van der Waals surface area contributed by atoms with Crippen molar-refractivity contribution in [2.75, 3.05) is 19.6 Å². The summed E-state index contributed by atoms with van der Waals surface area (Å²) < 4.78 is 11.1. The Balaban J connectivity index is 1.51. The van der Waals surface area contributed by atoms with Crippen LogP contribution < -0.4 is 0 Å². The van der Waals surface area contributed by atoms with Crippen LogP contribution in [-0.2, 0) is 16.0 Å². The summed E-state index contributed by atoms with van der Waals surface area (Å²) in [6, 6.07) is 7.76. The van der Waals surface area contributed by atoms with Crippen LogP contribution in [0.4, 0.5) is 4.79 Å². The van der Waals surface area contributed by atoms with Gasteiger partial charge >= 0.3 is 6.09 Å². The van der Waals surface area contributed by atoms with Gasteiger partial charge in [0.1, 0.15) is 5.60 Å². The topological polar surface area (TPSA) is 88.8 Å². The first-order valence-electron chi connectivity index (χ1n) is 10.3. The zero-order chi connectivity index (χ0) is 21.9. The number of aromatic nitrogens is 2. The van der Waals surface area contributed by atoms with Crippen LogP contribution in [0, 0.1) is 6.92 Å². The smallest absolute Gasteiger partial charge is 0.410 e. The molecule has 2 amide bonds. The van der Waals surface area contributed by atoms with Crippen molar-refractivity contribution in [3.63, 3.8) is 0 Å². The van der Waals surface area contributed by atoms with Gasteiger partial charge in [-0.05, 0) is 46.8 Å². The average molecular weight is 415 g/mol. The van der Waals surface area contributed by atoms with E-state index >= 15 is 0 Å². The largest absolute Gasteiger partial charge is 0.444 e. The maximum absolute atomic E-state index is 12.7. The summed E-state index contributed by atoms with van der Waals surface area (Å²) in [5.74, 6) is 0.914.